The number of nitrogens with zero attached hydrogens (tertiary/aromatic N) is 3. The first kappa shape index (κ1) is 10.5. The Bertz CT molecular complexity index is 419. The summed E-state index contributed by atoms with van der Waals surface area (Å²) < 4.78 is 0. The highest BCUT2D eigenvalue weighted by molar-refractivity contribution is 5.90. The third-order valence-corrected chi connectivity index (χ3v) is 3.95. The maximum absolute atomic E-state index is 10.9. The predicted molar refractivity (Wildman–Crippen MR) is 63.6 cm³/mol. The number of aromatic nitrogens is 2. The average molecular weight is 232 g/mol. The first-order valence-electron chi connectivity index (χ1n) is 6.12. The van der Waals surface area contributed by atoms with E-state index >= 15 is 0 Å². The lowest BCUT2D eigenvalue weighted by Crippen LogP contribution is -2.23. The molecule has 0 aromatic carbocycles. The molecule has 0 bridgehead atoms. The molecule has 1 aromatic rings. The molecule has 1 saturated heterocycles. The van der Waals surface area contributed by atoms with E-state index in [4.69, 9.17) is 5.73 Å². The van der Waals surface area contributed by atoms with Gasteiger partial charge in [0.1, 0.15) is 0 Å². The van der Waals surface area contributed by atoms with Crippen molar-refractivity contribution >= 4 is 11.7 Å². The van der Waals surface area contributed by atoms with Gasteiger partial charge in [-0.3, -0.25) is 4.79 Å². The lowest BCUT2D eigenvalue weighted by Gasteiger charge is -2.17. The van der Waals surface area contributed by atoms with Gasteiger partial charge in [0.25, 0.3) is 5.91 Å². The molecule has 0 radical (unpaired) electrons. The number of nitrogens with two attached hydrogens (primary N) is 1. The summed E-state index contributed by atoms with van der Waals surface area (Å²) in [4.78, 5) is 13.2. The average Bonchev–Trinajstić information content (AvgIpc) is 2.89. The fourth-order valence-corrected chi connectivity index (χ4v) is 3.05. The zero-order valence-corrected chi connectivity index (χ0v) is 9.67. The second kappa shape index (κ2) is 3.98. The quantitative estimate of drug-likeness (QED) is 0.819. The normalized spacial score (nSPS) is 27.2. The van der Waals surface area contributed by atoms with Crippen molar-refractivity contribution in [2.45, 2.75) is 19.3 Å². The zero-order chi connectivity index (χ0) is 11.8. The first-order chi connectivity index (χ1) is 8.24. The van der Waals surface area contributed by atoms with Gasteiger partial charge in [-0.15, -0.1) is 10.2 Å². The van der Waals surface area contributed by atoms with Gasteiger partial charge in [0.05, 0.1) is 0 Å². The zero-order valence-electron chi connectivity index (χ0n) is 9.67. The number of carbonyl (C=O) groups is 1. The fraction of sp³-hybridized carbons (Fsp3) is 0.583. The van der Waals surface area contributed by atoms with Crippen LogP contribution in [-0.2, 0) is 0 Å². The Hall–Kier alpha value is -1.65. The van der Waals surface area contributed by atoms with E-state index in [-0.39, 0.29) is 5.69 Å². The van der Waals surface area contributed by atoms with Gasteiger partial charge in [0.2, 0.25) is 0 Å². The van der Waals surface area contributed by atoms with Crippen molar-refractivity contribution in [1.82, 2.24) is 10.2 Å². The van der Waals surface area contributed by atoms with E-state index in [1.165, 1.54) is 19.3 Å². The standard InChI is InChI=1S/C12H16N4O/c13-12(17)10-4-5-11(15-14-10)16-6-8-2-1-3-9(8)7-16/h4-5,8-9H,1-3,6-7H2,(H2,13,17)/t8-,9+. The van der Waals surface area contributed by atoms with Crippen LogP contribution in [0.25, 0.3) is 0 Å². The minimum Gasteiger partial charge on any atom is -0.364 e. The van der Waals surface area contributed by atoms with Gasteiger partial charge in [-0.2, -0.15) is 0 Å². The van der Waals surface area contributed by atoms with Crippen molar-refractivity contribution in [3.63, 3.8) is 0 Å². The van der Waals surface area contributed by atoms with Crippen LogP contribution in [-0.4, -0.2) is 29.2 Å². The summed E-state index contributed by atoms with van der Waals surface area (Å²) in [6, 6.07) is 3.49. The Morgan fingerprint density at radius 2 is 1.94 bits per heavy atom. The summed E-state index contributed by atoms with van der Waals surface area (Å²) in [7, 11) is 0. The van der Waals surface area contributed by atoms with Crippen molar-refractivity contribution < 1.29 is 4.79 Å². The highest BCUT2D eigenvalue weighted by atomic mass is 16.1. The monoisotopic (exact) mass is 232 g/mol. The minimum absolute atomic E-state index is 0.230. The largest absolute Gasteiger partial charge is 0.364 e. The third kappa shape index (κ3) is 1.85. The van der Waals surface area contributed by atoms with Crippen LogP contribution < -0.4 is 10.6 Å². The van der Waals surface area contributed by atoms with Crippen LogP contribution in [0.2, 0.25) is 0 Å². The number of fused-ring (bicyclic) bond motifs is 1. The lowest BCUT2D eigenvalue weighted by molar-refractivity contribution is 0.0994. The number of amides is 1. The van der Waals surface area contributed by atoms with Crippen LogP contribution in [0.15, 0.2) is 12.1 Å². The van der Waals surface area contributed by atoms with Crippen LogP contribution in [0.1, 0.15) is 29.8 Å². The van der Waals surface area contributed by atoms with Gasteiger partial charge in [0.15, 0.2) is 11.5 Å². The van der Waals surface area contributed by atoms with Crippen molar-refractivity contribution in [2.24, 2.45) is 17.6 Å². The Morgan fingerprint density at radius 3 is 2.47 bits per heavy atom. The number of primary amides is 1. The Morgan fingerprint density at radius 1 is 1.24 bits per heavy atom. The molecular formula is C12H16N4O. The van der Waals surface area contributed by atoms with Gasteiger partial charge in [-0.1, -0.05) is 6.42 Å². The summed E-state index contributed by atoms with van der Waals surface area (Å²) in [5.41, 5.74) is 5.37. The van der Waals surface area contributed by atoms with Crippen molar-refractivity contribution in [1.29, 1.82) is 0 Å². The number of hydrogen-bond donors (Lipinski definition) is 1. The molecule has 0 spiro atoms. The van der Waals surface area contributed by atoms with Crippen LogP contribution in [0, 0.1) is 11.8 Å². The summed E-state index contributed by atoms with van der Waals surface area (Å²) >= 11 is 0. The smallest absolute Gasteiger partial charge is 0.269 e. The van der Waals surface area contributed by atoms with Crippen LogP contribution >= 0.6 is 0 Å². The molecule has 17 heavy (non-hydrogen) atoms. The predicted octanol–water partition coefficient (Wildman–Crippen LogP) is 0.812. The Kier molecular flexibility index (Phi) is 2.46. The molecule has 5 nitrogen and oxygen atoms in total. The van der Waals surface area contributed by atoms with Crippen molar-refractivity contribution in [2.75, 3.05) is 18.0 Å². The van der Waals surface area contributed by atoms with Gasteiger partial charge in [-0.05, 0) is 36.8 Å². The molecule has 2 fully saturated rings. The van der Waals surface area contributed by atoms with E-state index in [1.54, 1.807) is 6.07 Å². The molecular weight excluding hydrogens is 216 g/mol. The van der Waals surface area contributed by atoms with Crippen molar-refractivity contribution in [3.05, 3.63) is 17.8 Å². The maximum atomic E-state index is 10.9. The van der Waals surface area contributed by atoms with E-state index in [0.29, 0.717) is 0 Å². The van der Waals surface area contributed by atoms with E-state index in [2.05, 4.69) is 15.1 Å². The lowest BCUT2D eigenvalue weighted by atomic mass is 10.0. The van der Waals surface area contributed by atoms with Crippen LogP contribution in [0.5, 0.6) is 0 Å². The minimum atomic E-state index is -0.526. The highest BCUT2D eigenvalue weighted by Gasteiger charge is 2.36. The summed E-state index contributed by atoms with van der Waals surface area (Å²) in [6.45, 7) is 2.16. The van der Waals surface area contributed by atoms with E-state index in [0.717, 1.165) is 30.7 Å². The molecule has 1 aromatic heterocycles. The number of anilines is 1. The van der Waals surface area contributed by atoms with Gasteiger partial charge in [-0.25, -0.2) is 0 Å². The highest BCUT2D eigenvalue weighted by Crippen LogP contribution is 2.38. The first-order valence-corrected chi connectivity index (χ1v) is 6.12. The molecule has 1 aliphatic heterocycles. The van der Waals surface area contributed by atoms with Gasteiger partial charge in [0, 0.05) is 13.1 Å². The number of rotatable bonds is 2. The number of carbonyl (C=O) groups excluding carboxylic acids is 1. The molecule has 2 N–H and O–H groups in total. The molecule has 1 amide bonds. The Labute approximate surface area is 100 Å². The summed E-state index contributed by atoms with van der Waals surface area (Å²) in [5.74, 6) is 1.99. The molecule has 5 heteroatoms. The topological polar surface area (TPSA) is 72.1 Å². The summed E-state index contributed by atoms with van der Waals surface area (Å²) in [5, 5.41) is 7.93. The molecule has 1 saturated carbocycles. The van der Waals surface area contributed by atoms with Crippen LogP contribution in [0.3, 0.4) is 0 Å². The molecule has 2 atom stereocenters. The molecule has 3 rings (SSSR count). The molecule has 0 unspecified atom stereocenters. The van der Waals surface area contributed by atoms with E-state index in [9.17, 15) is 4.79 Å². The summed E-state index contributed by atoms with van der Waals surface area (Å²) in [6.07, 6.45) is 4.05. The molecule has 2 heterocycles. The van der Waals surface area contributed by atoms with E-state index in [1.807, 2.05) is 6.07 Å². The second-order valence-electron chi connectivity index (χ2n) is 5.00. The number of hydrogen-bond acceptors (Lipinski definition) is 4. The van der Waals surface area contributed by atoms with Gasteiger partial charge >= 0.3 is 0 Å². The molecule has 2 aliphatic rings. The van der Waals surface area contributed by atoms with Crippen molar-refractivity contribution in [3.8, 4) is 0 Å². The third-order valence-electron chi connectivity index (χ3n) is 3.95. The van der Waals surface area contributed by atoms with E-state index < -0.39 is 5.91 Å². The Balaban J connectivity index is 1.75. The molecule has 90 valence electrons. The SMILES string of the molecule is NC(=O)c1ccc(N2C[C@H]3CCC[C@H]3C2)nn1. The fourth-order valence-electron chi connectivity index (χ4n) is 3.05. The maximum Gasteiger partial charge on any atom is 0.269 e. The van der Waals surface area contributed by atoms with Crippen LogP contribution in [0.4, 0.5) is 5.82 Å². The molecule has 1 aliphatic carbocycles. The van der Waals surface area contributed by atoms with Gasteiger partial charge < -0.3 is 10.6 Å². The second-order valence-corrected chi connectivity index (χ2v) is 5.00.